The van der Waals surface area contributed by atoms with Crippen LogP contribution in [0.5, 0.6) is 0 Å². The Balaban J connectivity index is 1.77. The molecule has 4 nitrogen and oxygen atoms in total. The van der Waals surface area contributed by atoms with Crippen LogP contribution in [0.3, 0.4) is 0 Å². The second kappa shape index (κ2) is 6.07. The van der Waals surface area contributed by atoms with Crippen molar-refractivity contribution in [1.82, 2.24) is 14.9 Å². The second-order valence-corrected chi connectivity index (χ2v) is 5.91. The Hall–Kier alpha value is -1.18. The number of rotatable bonds is 3. The SMILES string of the molecule is Cc1nnsc1C(=O)NCC1CCC(C(F)(F)F)CC1. The first-order valence-corrected chi connectivity index (χ1v) is 7.29. The highest BCUT2D eigenvalue weighted by Crippen LogP contribution is 2.39. The topological polar surface area (TPSA) is 54.9 Å². The standard InChI is InChI=1S/C12H16F3N3OS/c1-7-10(20-18-17-7)11(19)16-6-8-2-4-9(5-3-8)12(13,14)15/h8-9H,2-6H2,1H3,(H,16,19). The Morgan fingerprint density at radius 2 is 2.00 bits per heavy atom. The van der Waals surface area contributed by atoms with E-state index in [9.17, 15) is 18.0 Å². The fourth-order valence-corrected chi connectivity index (χ4v) is 3.02. The molecule has 1 aromatic rings. The molecule has 1 aromatic heterocycles. The van der Waals surface area contributed by atoms with Gasteiger partial charge in [0, 0.05) is 6.54 Å². The lowest BCUT2D eigenvalue weighted by atomic mass is 9.81. The summed E-state index contributed by atoms with van der Waals surface area (Å²) in [4.78, 5) is 12.3. The van der Waals surface area contributed by atoms with Gasteiger partial charge in [0.05, 0.1) is 11.6 Å². The highest BCUT2D eigenvalue weighted by atomic mass is 32.1. The van der Waals surface area contributed by atoms with Crippen LogP contribution in [-0.4, -0.2) is 28.2 Å². The van der Waals surface area contributed by atoms with E-state index in [2.05, 4.69) is 14.9 Å². The number of alkyl halides is 3. The van der Waals surface area contributed by atoms with Crippen LogP contribution in [0.2, 0.25) is 0 Å². The molecule has 1 amide bonds. The largest absolute Gasteiger partial charge is 0.391 e. The maximum atomic E-state index is 12.5. The number of hydrogen-bond donors (Lipinski definition) is 1. The molecule has 1 fully saturated rings. The fourth-order valence-electron chi connectivity index (χ4n) is 2.45. The molecule has 0 unspecified atom stereocenters. The molecule has 1 aliphatic rings. The van der Waals surface area contributed by atoms with Crippen LogP contribution in [0.15, 0.2) is 0 Å². The van der Waals surface area contributed by atoms with Crippen molar-refractivity contribution in [2.45, 2.75) is 38.8 Å². The van der Waals surface area contributed by atoms with Crippen molar-refractivity contribution in [3.8, 4) is 0 Å². The van der Waals surface area contributed by atoms with Crippen molar-refractivity contribution >= 4 is 17.4 Å². The first-order valence-electron chi connectivity index (χ1n) is 6.51. The maximum absolute atomic E-state index is 12.5. The molecule has 0 aliphatic heterocycles. The van der Waals surface area contributed by atoms with Crippen molar-refractivity contribution < 1.29 is 18.0 Å². The van der Waals surface area contributed by atoms with E-state index in [-0.39, 0.29) is 24.7 Å². The summed E-state index contributed by atoms with van der Waals surface area (Å²) in [5.41, 5.74) is 0.577. The molecule has 1 aliphatic carbocycles. The van der Waals surface area contributed by atoms with Gasteiger partial charge in [0.25, 0.3) is 5.91 Å². The van der Waals surface area contributed by atoms with Crippen molar-refractivity contribution in [3.63, 3.8) is 0 Å². The minimum Gasteiger partial charge on any atom is -0.351 e. The van der Waals surface area contributed by atoms with E-state index in [0.717, 1.165) is 11.5 Å². The number of carbonyl (C=O) groups excluding carboxylic acids is 1. The van der Waals surface area contributed by atoms with E-state index in [0.29, 0.717) is 30.0 Å². The number of nitrogens with one attached hydrogen (secondary N) is 1. The molecule has 2 rings (SSSR count). The molecule has 0 spiro atoms. The zero-order valence-electron chi connectivity index (χ0n) is 11.0. The van der Waals surface area contributed by atoms with E-state index in [1.165, 1.54) is 0 Å². The summed E-state index contributed by atoms with van der Waals surface area (Å²) in [6.07, 6.45) is -2.76. The molecule has 1 N–H and O–H groups in total. The van der Waals surface area contributed by atoms with Gasteiger partial charge in [0.2, 0.25) is 0 Å². The molecule has 0 saturated heterocycles. The Morgan fingerprint density at radius 3 is 2.50 bits per heavy atom. The smallest absolute Gasteiger partial charge is 0.351 e. The second-order valence-electron chi connectivity index (χ2n) is 5.16. The van der Waals surface area contributed by atoms with Gasteiger partial charge in [-0.1, -0.05) is 4.49 Å². The van der Waals surface area contributed by atoms with Gasteiger partial charge in [0.1, 0.15) is 4.88 Å². The van der Waals surface area contributed by atoms with Gasteiger partial charge < -0.3 is 5.32 Å². The van der Waals surface area contributed by atoms with E-state index >= 15 is 0 Å². The lowest BCUT2D eigenvalue weighted by Gasteiger charge is -2.29. The highest BCUT2D eigenvalue weighted by molar-refractivity contribution is 7.07. The van der Waals surface area contributed by atoms with E-state index in [1.807, 2.05) is 0 Å². The summed E-state index contributed by atoms with van der Waals surface area (Å²) in [6.45, 7) is 2.12. The predicted molar refractivity (Wildman–Crippen MR) is 68.5 cm³/mol. The molecule has 0 atom stereocenters. The molecule has 1 saturated carbocycles. The molecular formula is C12H16F3N3OS. The van der Waals surface area contributed by atoms with Crippen LogP contribution in [0, 0.1) is 18.8 Å². The van der Waals surface area contributed by atoms with Gasteiger partial charge in [-0.2, -0.15) is 13.2 Å². The zero-order valence-corrected chi connectivity index (χ0v) is 11.9. The predicted octanol–water partition coefficient (Wildman–Crippen LogP) is 2.95. The van der Waals surface area contributed by atoms with Crippen LogP contribution < -0.4 is 5.32 Å². The first kappa shape index (κ1) is 15.2. The Labute approximate surface area is 118 Å². The molecule has 112 valence electrons. The van der Waals surface area contributed by atoms with Crippen LogP contribution in [-0.2, 0) is 0 Å². The van der Waals surface area contributed by atoms with Crippen LogP contribution >= 0.6 is 11.5 Å². The molecular weight excluding hydrogens is 291 g/mol. The van der Waals surface area contributed by atoms with Crippen LogP contribution in [0.4, 0.5) is 13.2 Å². The Bertz CT molecular complexity index is 467. The number of carbonyl (C=O) groups is 1. The first-order chi connectivity index (χ1) is 9.38. The van der Waals surface area contributed by atoms with Crippen molar-refractivity contribution in [1.29, 1.82) is 0 Å². The van der Waals surface area contributed by atoms with E-state index in [4.69, 9.17) is 0 Å². The third-order valence-corrected chi connectivity index (χ3v) is 4.55. The summed E-state index contributed by atoms with van der Waals surface area (Å²) in [6, 6.07) is 0. The van der Waals surface area contributed by atoms with Gasteiger partial charge in [-0.3, -0.25) is 4.79 Å². The number of nitrogens with zero attached hydrogens (tertiary/aromatic N) is 2. The number of hydrogen-bond acceptors (Lipinski definition) is 4. The van der Waals surface area contributed by atoms with Crippen molar-refractivity contribution in [3.05, 3.63) is 10.6 Å². The van der Waals surface area contributed by atoms with E-state index in [1.54, 1.807) is 6.92 Å². The number of halogens is 3. The summed E-state index contributed by atoms with van der Waals surface area (Å²) in [5, 5.41) is 6.51. The number of aromatic nitrogens is 2. The highest BCUT2D eigenvalue weighted by Gasteiger charge is 2.41. The quantitative estimate of drug-likeness (QED) is 0.934. The van der Waals surface area contributed by atoms with Gasteiger partial charge in [0.15, 0.2) is 0 Å². The summed E-state index contributed by atoms with van der Waals surface area (Å²) in [7, 11) is 0. The number of aryl methyl sites for hydroxylation is 1. The van der Waals surface area contributed by atoms with Gasteiger partial charge >= 0.3 is 6.18 Å². The molecule has 8 heteroatoms. The molecule has 0 aromatic carbocycles. The average Bonchev–Trinajstić information content (AvgIpc) is 2.82. The van der Waals surface area contributed by atoms with Crippen LogP contribution in [0.25, 0.3) is 0 Å². The lowest BCUT2D eigenvalue weighted by molar-refractivity contribution is -0.183. The summed E-state index contributed by atoms with van der Waals surface area (Å²) >= 11 is 1.03. The molecule has 1 heterocycles. The van der Waals surface area contributed by atoms with E-state index < -0.39 is 12.1 Å². The normalized spacial score (nSPS) is 23.6. The summed E-state index contributed by atoms with van der Waals surface area (Å²) in [5.74, 6) is -1.29. The van der Waals surface area contributed by atoms with Gasteiger partial charge in [-0.05, 0) is 50.1 Å². The molecule has 0 bridgehead atoms. The zero-order chi connectivity index (χ0) is 14.8. The summed E-state index contributed by atoms with van der Waals surface area (Å²) < 4.78 is 41.3. The van der Waals surface area contributed by atoms with Gasteiger partial charge in [-0.25, -0.2) is 0 Å². The molecule has 20 heavy (non-hydrogen) atoms. The third-order valence-electron chi connectivity index (χ3n) is 3.72. The van der Waals surface area contributed by atoms with Crippen molar-refractivity contribution in [2.24, 2.45) is 11.8 Å². The minimum atomic E-state index is -4.08. The van der Waals surface area contributed by atoms with Crippen molar-refractivity contribution in [2.75, 3.05) is 6.54 Å². The van der Waals surface area contributed by atoms with Gasteiger partial charge in [-0.15, -0.1) is 5.10 Å². The molecule has 0 radical (unpaired) electrons. The number of amides is 1. The maximum Gasteiger partial charge on any atom is 0.391 e. The minimum absolute atomic E-state index is 0.124. The Morgan fingerprint density at radius 1 is 1.35 bits per heavy atom. The third kappa shape index (κ3) is 3.68. The Kier molecular flexibility index (Phi) is 4.62. The fraction of sp³-hybridized carbons (Fsp3) is 0.750. The lowest BCUT2D eigenvalue weighted by Crippen LogP contribution is -2.34. The van der Waals surface area contributed by atoms with Crippen LogP contribution in [0.1, 0.15) is 41.0 Å². The average molecular weight is 307 g/mol. The monoisotopic (exact) mass is 307 g/mol.